The van der Waals surface area contributed by atoms with E-state index < -0.39 is 0 Å². The Morgan fingerprint density at radius 3 is 2.38 bits per heavy atom. The molecule has 3 heterocycles. The monoisotopic (exact) mass is 330 g/mol. The zero-order chi connectivity index (χ0) is 17.3. The number of carbonyl (C=O) groups is 1. The molecule has 0 bridgehead atoms. The van der Waals surface area contributed by atoms with E-state index in [2.05, 4.69) is 35.3 Å². The number of aromatic amines is 1. The van der Waals surface area contributed by atoms with Gasteiger partial charge in [0, 0.05) is 30.8 Å². The van der Waals surface area contributed by atoms with Crippen LogP contribution in [-0.2, 0) is 0 Å². The van der Waals surface area contributed by atoms with Gasteiger partial charge < -0.3 is 9.42 Å². The molecule has 130 valence electrons. The fourth-order valence-corrected chi connectivity index (χ4v) is 3.07. The zero-order valence-electron chi connectivity index (χ0n) is 14.9. The van der Waals surface area contributed by atoms with Gasteiger partial charge in [-0.1, -0.05) is 32.9 Å². The van der Waals surface area contributed by atoms with Crippen LogP contribution in [-0.4, -0.2) is 39.3 Å². The van der Waals surface area contributed by atoms with Crippen LogP contribution in [0.15, 0.2) is 16.7 Å². The minimum Gasteiger partial charge on any atom is -0.351 e. The molecule has 6 heteroatoms. The van der Waals surface area contributed by atoms with Crippen molar-refractivity contribution in [3.05, 3.63) is 35.0 Å². The molecule has 2 aromatic heterocycles. The van der Waals surface area contributed by atoms with E-state index in [0.717, 1.165) is 37.3 Å². The van der Waals surface area contributed by atoms with Crippen LogP contribution in [0.5, 0.6) is 0 Å². The quantitative estimate of drug-likeness (QED) is 0.928. The van der Waals surface area contributed by atoms with Gasteiger partial charge in [-0.25, -0.2) is 0 Å². The van der Waals surface area contributed by atoms with Gasteiger partial charge in [0.05, 0.1) is 11.4 Å². The Hall–Kier alpha value is -2.11. The number of aromatic nitrogens is 3. The first-order chi connectivity index (χ1) is 11.5. The molecule has 1 aliphatic rings. The lowest BCUT2D eigenvalue weighted by Gasteiger charge is -2.30. The predicted molar refractivity (Wildman–Crippen MR) is 91.1 cm³/mol. The van der Waals surface area contributed by atoms with E-state index >= 15 is 0 Å². The van der Waals surface area contributed by atoms with Gasteiger partial charge in [-0.2, -0.15) is 5.10 Å². The summed E-state index contributed by atoms with van der Waals surface area (Å²) in [5.41, 5.74) is 3.12. The average molecular weight is 330 g/mol. The van der Waals surface area contributed by atoms with E-state index in [1.54, 1.807) is 6.07 Å². The predicted octanol–water partition coefficient (Wildman–Crippen LogP) is 3.66. The van der Waals surface area contributed by atoms with Gasteiger partial charge in [-0.05, 0) is 30.7 Å². The summed E-state index contributed by atoms with van der Waals surface area (Å²) in [6.45, 7) is 9.82. The second-order valence-electron chi connectivity index (χ2n) is 7.24. The molecule has 1 amide bonds. The normalized spacial score (nSPS) is 16.3. The molecule has 0 atom stereocenters. The lowest BCUT2D eigenvalue weighted by Crippen LogP contribution is -2.37. The van der Waals surface area contributed by atoms with Crippen molar-refractivity contribution in [2.75, 3.05) is 13.1 Å². The molecule has 0 saturated carbocycles. The van der Waals surface area contributed by atoms with Crippen LogP contribution in [0.2, 0.25) is 0 Å². The Bertz CT molecular complexity index is 693. The highest BCUT2D eigenvalue weighted by molar-refractivity contribution is 5.91. The number of H-pyrrole nitrogens is 1. The maximum absolute atomic E-state index is 12.5. The summed E-state index contributed by atoms with van der Waals surface area (Å²) < 4.78 is 5.22. The first kappa shape index (κ1) is 16.7. The van der Waals surface area contributed by atoms with Crippen LogP contribution in [0.4, 0.5) is 0 Å². The first-order valence-corrected chi connectivity index (χ1v) is 8.76. The number of rotatable bonds is 4. The number of nitrogens with zero attached hydrogens (tertiary/aromatic N) is 3. The van der Waals surface area contributed by atoms with E-state index in [-0.39, 0.29) is 11.8 Å². The first-order valence-electron chi connectivity index (χ1n) is 8.76. The largest absolute Gasteiger partial charge is 0.351 e. The Morgan fingerprint density at radius 1 is 1.17 bits per heavy atom. The number of hydrogen-bond donors (Lipinski definition) is 1. The minimum atomic E-state index is -0.0552. The highest BCUT2D eigenvalue weighted by atomic mass is 16.5. The van der Waals surface area contributed by atoms with Crippen molar-refractivity contribution in [3.8, 4) is 0 Å². The van der Waals surface area contributed by atoms with Gasteiger partial charge in [0.15, 0.2) is 0 Å². The van der Waals surface area contributed by atoms with Gasteiger partial charge in [0.2, 0.25) is 5.76 Å². The molecule has 1 aliphatic heterocycles. The topological polar surface area (TPSA) is 75.0 Å². The highest BCUT2D eigenvalue weighted by Gasteiger charge is 2.28. The summed E-state index contributed by atoms with van der Waals surface area (Å²) in [6.07, 6.45) is 1.88. The summed E-state index contributed by atoms with van der Waals surface area (Å²) in [5.74, 6) is 1.42. The van der Waals surface area contributed by atoms with E-state index in [0.29, 0.717) is 17.6 Å². The summed E-state index contributed by atoms with van der Waals surface area (Å²) in [4.78, 5) is 14.4. The summed E-state index contributed by atoms with van der Waals surface area (Å²) in [7, 11) is 0. The van der Waals surface area contributed by atoms with Crippen LogP contribution in [0.25, 0.3) is 0 Å². The molecular formula is C18H26N4O2. The van der Waals surface area contributed by atoms with Gasteiger partial charge in [0.1, 0.15) is 0 Å². The summed E-state index contributed by atoms with van der Waals surface area (Å²) >= 11 is 0. The van der Waals surface area contributed by atoms with Crippen LogP contribution >= 0.6 is 0 Å². The highest BCUT2D eigenvalue weighted by Crippen LogP contribution is 2.29. The van der Waals surface area contributed by atoms with E-state index in [9.17, 15) is 4.79 Å². The Morgan fingerprint density at radius 2 is 1.83 bits per heavy atom. The lowest BCUT2D eigenvalue weighted by atomic mass is 9.93. The lowest BCUT2D eigenvalue weighted by molar-refractivity contribution is 0.0670. The summed E-state index contributed by atoms with van der Waals surface area (Å²) in [5, 5.41) is 11.5. The Balaban J connectivity index is 1.60. The smallest absolute Gasteiger partial charge is 0.292 e. The zero-order valence-corrected chi connectivity index (χ0v) is 14.9. The van der Waals surface area contributed by atoms with Crippen LogP contribution in [0, 0.1) is 0 Å². The third kappa shape index (κ3) is 3.37. The van der Waals surface area contributed by atoms with Crippen molar-refractivity contribution in [2.45, 2.75) is 58.3 Å². The molecule has 1 N–H and O–H groups in total. The van der Waals surface area contributed by atoms with Gasteiger partial charge in [-0.3, -0.25) is 9.89 Å². The van der Waals surface area contributed by atoms with Crippen molar-refractivity contribution in [3.63, 3.8) is 0 Å². The molecule has 24 heavy (non-hydrogen) atoms. The van der Waals surface area contributed by atoms with Gasteiger partial charge in [0.25, 0.3) is 5.91 Å². The maximum Gasteiger partial charge on any atom is 0.292 e. The Labute approximate surface area is 142 Å². The second-order valence-corrected chi connectivity index (χ2v) is 7.24. The molecule has 0 unspecified atom stereocenters. The van der Waals surface area contributed by atoms with Crippen molar-refractivity contribution >= 4 is 5.91 Å². The van der Waals surface area contributed by atoms with Crippen molar-refractivity contribution in [1.82, 2.24) is 20.3 Å². The second kappa shape index (κ2) is 6.79. The maximum atomic E-state index is 12.5. The molecule has 6 nitrogen and oxygen atoms in total. The number of nitrogens with one attached hydrogen (secondary N) is 1. The number of amides is 1. The van der Waals surface area contributed by atoms with E-state index in [1.165, 1.54) is 5.69 Å². The van der Waals surface area contributed by atoms with Crippen molar-refractivity contribution in [2.24, 2.45) is 0 Å². The van der Waals surface area contributed by atoms with Crippen LogP contribution in [0.3, 0.4) is 0 Å². The summed E-state index contributed by atoms with van der Waals surface area (Å²) in [6, 6.07) is 3.93. The third-order valence-corrected chi connectivity index (χ3v) is 4.76. The Kier molecular flexibility index (Phi) is 4.73. The average Bonchev–Trinajstić information content (AvgIpc) is 3.24. The molecular weight excluding hydrogens is 304 g/mol. The molecule has 0 spiro atoms. The third-order valence-electron chi connectivity index (χ3n) is 4.76. The number of carbonyl (C=O) groups excluding carboxylic acids is 1. The van der Waals surface area contributed by atoms with Crippen LogP contribution < -0.4 is 0 Å². The molecule has 0 aliphatic carbocycles. The number of piperidine rings is 1. The standard InChI is InChI=1S/C18H26N4O2/c1-11(2)14-9-16(20-19-14)13-5-7-22(8-6-13)18(23)17-10-15(12(3)4)21-24-17/h9-13H,5-8H2,1-4H3,(H,19,20). The van der Waals surface area contributed by atoms with Crippen molar-refractivity contribution < 1.29 is 9.32 Å². The molecule has 2 aromatic rings. The van der Waals surface area contributed by atoms with E-state index in [1.807, 2.05) is 18.7 Å². The van der Waals surface area contributed by atoms with Gasteiger partial charge in [-0.15, -0.1) is 0 Å². The molecule has 1 saturated heterocycles. The molecule has 0 radical (unpaired) electrons. The fraction of sp³-hybridized carbons (Fsp3) is 0.611. The minimum absolute atomic E-state index is 0.0552. The SMILES string of the molecule is CC(C)c1cc(C2CCN(C(=O)c3cc(C(C)C)no3)CC2)[nH]n1. The van der Waals surface area contributed by atoms with E-state index in [4.69, 9.17) is 4.52 Å². The number of hydrogen-bond acceptors (Lipinski definition) is 4. The fourth-order valence-electron chi connectivity index (χ4n) is 3.07. The van der Waals surface area contributed by atoms with Crippen LogP contribution in [0.1, 0.15) is 85.9 Å². The van der Waals surface area contributed by atoms with Gasteiger partial charge >= 0.3 is 0 Å². The molecule has 0 aromatic carbocycles. The molecule has 3 rings (SSSR count). The number of likely N-dealkylation sites (tertiary alicyclic amines) is 1. The molecule has 1 fully saturated rings. The van der Waals surface area contributed by atoms with Crippen molar-refractivity contribution in [1.29, 1.82) is 0 Å².